The molecule has 1 unspecified atom stereocenters. The minimum Gasteiger partial charge on any atom is -0.250 e. The van der Waals surface area contributed by atoms with E-state index in [4.69, 9.17) is 5.73 Å². The lowest BCUT2D eigenvalue weighted by molar-refractivity contribution is 0.688. The molecule has 0 spiro atoms. The maximum atomic E-state index is 7.51. The van der Waals surface area contributed by atoms with Crippen LogP contribution in [-0.2, 0) is 0 Å². The molecule has 0 aliphatic heterocycles. The van der Waals surface area contributed by atoms with Crippen LogP contribution in [0.5, 0.6) is 0 Å². The fraction of sp³-hybridized carbons (Fsp3) is 0.750. The molecule has 0 bridgehead atoms. The molecular weight excluding hydrogens is 110 g/mol. The number of nitrogens with one attached hydrogen (secondary N) is 1. The molecule has 1 radical (unpaired) electrons. The van der Waals surface area contributed by atoms with Gasteiger partial charge in [-0.25, -0.2) is 0 Å². The normalized spacial score (nSPS) is 22.9. The van der Waals surface area contributed by atoms with Crippen LogP contribution in [0.25, 0.3) is 0 Å². The van der Waals surface area contributed by atoms with Crippen molar-refractivity contribution in [2.45, 2.75) is 32.2 Å². The maximum Gasteiger partial charge on any atom is 0.0421 e. The van der Waals surface area contributed by atoms with Crippen LogP contribution < -0.4 is 5.73 Å². The van der Waals surface area contributed by atoms with Crippen LogP contribution in [-0.4, -0.2) is 6.04 Å². The third kappa shape index (κ3) is 2.19. The number of hydrogen-bond donors (Lipinski definition) is 0. The number of hydrogen-bond acceptors (Lipinski definition) is 0. The monoisotopic (exact) mass is 124 g/mol. The molecular formula is C8H14N. The highest BCUT2D eigenvalue weighted by Crippen LogP contribution is 2.32. The first kappa shape index (κ1) is 6.81. The Balaban J connectivity index is 2.16. The Kier molecular flexibility index (Phi) is 2.29. The fourth-order valence-corrected chi connectivity index (χ4v) is 0.895. The van der Waals surface area contributed by atoms with Gasteiger partial charge < -0.3 is 0 Å². The van der Waals surface area contributed by atoms with Gasteiger partial charge in [0, 0.05) is 6.04 Å². The van der Waals surface area contributed by atoms with Gasteiger partial charge in [0.05, 0.1) is 0 Å². The first-order valence-electron chi connectivity index (χ1n) is 3.72. The smallest absolute Gasteiger partial charge is 0.0421 e. The van der Waals surface area contributed by atoms with E-state index in [1.165, 1.54) is 12.8 Å². The van der Waals surface area contributed by atoms with Crippen molar-refractivity contribution in [2.24, 2.45) is 5.92 Å². The van der Waals surface area contributed by atoms with Crippen LogP contribution in [0, 0.1) is 5.92 Å². The zero-order valence-electron chi connectivity index (χ0n) is 5.93. The van der Waals surface area contributed by atoms with Gasteiger partial charge >= 0.3 is 0 Å². The summed E-state index contributed by atoms with van der Waals surface area (Å²) in [6.07, 6.45) is 7.75. The van der Waals surface area contributed by atoms with Crippen molar-refractivity contribution in [3.8, 4) is 0 Å². The molecule has 51 valence electrons. The van der Waals surface area contributed by atoms with E-state index in [1.807, 2.05) is 6.08 Å². The van der Waals surface area contributed by atoms with Crippen LogP contribution in [0.1, 0.15) is 26.2 Å². The minimum absolute atomic E-state index is 0.102. The van der Waals surface area contributed by atoms with E-state index in [0.29, 0.717) is 5.92 Å². The van der Waals surface area contributed by atoms with Gasteiger partial charge in [-0.2, -0.15) is 0 Å². The number of rotatable bonds is 3. The summed E-state index contributed by atoms with van der Waals surface area (Å²) in [5, 5.41) is 0. The van der Waals surface area contributed by atoms with Gasteiger partial charge in [0.2, 0.25) is 0 Å². The van der Waals surface area contributed by atoms with Crippen molar-refractivity contribution < 1.29 is 0 Å². The van der Waals surface area contributed by atoms with Crippen LogP contribution >= 0.6 is 0 Å². The van der Waals surface area contributed by atoms with E-state index in [0.717, 1.165) is 6.42 Å². The first-order valence-corrected chi connectivity index (χ1v) is 3.72. The molecule has 1 atom stereocenters. The lowest BCUT2D eigenvalue weighted by Crippen LogP contribution is -2.06. The summed E-state index contributed by atoms with van der Waals surface area (Å²) in [6.45, 7) is 2.11. The van der Waals surface area contributed by atoms with E-state index < -0.39 is 0 Å². The molecule has 1 heteroatoms. The van der Waals surface area contributed by atoms with Gasteiger partial charge in [0.25, 0.3) is 0 Å². The van der Waals surface area contributed by atoms with Crippen molar-refractivity contribution in [1.82, 2.24) is 5.73 Å². The Morgan fingerprint density at radius 1 is 1.67 bits per heavy atom. The Labute approximate surface area is 56.9 Å². The molecule has 1 saturated carbocycles. The third-order valence-electron chi connectivity index (χ3n) is 1.71. The molecule has 0 amide bonds. The second-order valence-electron chi connectivity index (χ2n) is 2.70. The molecule has 0 aromatic carbocycles. The lowest BCUT2D eigenvalue weighted by atomic mass is 10.2. The van der Waals surface area contributed by atoms with E-state index >= 15 is 0 Å². The topological polar surface area (TPSA) is 23.8 Å². The largest absolute Gasteiger partial charge is 0.250 e. The third-order valence-corrected chi connectivity index (χ3v) is 1.71. The van der Waals surface area contributed by atoms with Gasteiger partial charge in [0.15, 0.2) is 0 Å². The second-order valence-corrected chi connectivity index (χ2v) is 2.70. The Hall–Kier alpha value is -0.300. The highest BCUT2D eigenvalue weighted by molar-refractivity contribution is 4.98. The standard InChI is InChI=1S/C8H14N/c1-2-3-4-8(9)7-5-6-7/h3-4,7-9H,2,5-6H2,1H3/b4-3+. The zero-order chi connectivity index (χ0) is 6.69. The van der Waals surface area contributed by atoms with Gasteiger partial charge in [-0.05, 0) is 25.2 Å². The second kappa shape index (κ2) is 3.02. The Morgan fingerprint density at radius 3 is 2.78 bits per heavy atom. The zero-order valence-corrected chi connectivity index (χ0v) is 5.93. The van der Waals surface area contributed by atoms with E-state index in [2.05, 4.69) is 13.0 Å². The summed E-state index contributed by atoms with van der Waals surface area (Å²) in [5.41, 5.74) is 7.51. The molecule has 0 aromatic rings. The van der Waals surface area contributed by atoms with Crippen LogP contribution in [0.2, 0.25) is 0 Å². The molecule has 1 aliphatic carbocycles. The van der Waals surface area contributed by atoms with Crippen LogP contribution in [0.4, 0.5) is 0 Å². The molecule has 0 saturated heterocycles. The highest BCUT2D eigenvalue weighted by atomic mass is 14.7. The Bertz CT molecular complexity index is 103. The maximum absolute atomic E-state index is 7.51. The molecule has 0 heterocycles. The summed E-state index contributed by atoms with van der Waals surface area (Å²) < 4.78 is 0. The molecule has 1 aliphatic rings. The van der Waals surface area contributed by atoms with Crippen molar-refractivity contribution in [2.75, 3.05) is 0 Å². The molecule has 9 heavy (non-hydrogen) atoms. The molecule has 0 aromatic heterocycles. The summed E-state index contributed by atoms with van der Waals surface area (Å²) in [7, 11) is 0. The van der Waals surface area contributed by atoms with Crippen molar-refractivity contribution >= 4 is 0 Å². The van der Waals surface area contributed by atoms with Gasteiger partial charge in [-0.15, -0.1) is 0 Å². The molecule has 1 N–H and O–H groups in total. The number of allylic oxidation sites excluding steroid dienone is 1. The fourth-order valence-electron chi connectivity index (χ4n) is 0.895. The lowest BCUT2D eigenvalue weighted by Gasteiger charge is -1.98. The van der Waals surface area contributed by atoms with Crippen molar-refractivity contribution in [3.05, 3.63) is 12.2 Å². The molecule has 1 fully saturated rings. The highest BCUT2D eigenvalue weighted by Gasteiger charge is 2.26. The summed E-state index contributed by atoms with van der Waals surface area (Å²) in [6, 6.07) is 0.102. The van der Waals surface area contributed by atoms with Crippen LogP contribution in [0.3, 0.4) is 0 Å². The van der Waals surface area contributed by atoms with Crippen molar-refractivity contribution in [1.29, 1.82) is 0 Å². The summed E-state index contributed by atoms with van der Waals surface area (Å²) >= 11 is 0. The van der Waals surface area contributed by atoms with E-state index in [9.17, 15) is 0 Å². The van der Waals surface area contributed by atoms with Gasteiger partial charge in [-0.3, -0.25) is 5.73 Å². The molecule has 1 rings (SSSR count). The molecule has 1 nitrogen and oxygen atoms in total. The SMILES string of the molecule is CC/C=C/C([NH])C1CC1. The van der Waals surface area contributed by atoms with E-state index in [1.54, 1.807) is 0 Å². The average Bonchev–Trinajstić information content (AvgIpc) is 2.63. The van der Waals surface area contributed by atoms with E-state index in [-0.39, 0.29) is 6.04 Å². The van der Waals surface area contributed by atoms with Crippen molar-refractivity contribution in [3.63, 3.8) is 0 Å². The van der Waals surface area contributed by atoms with Gasteiger partial charge in [-0.1, -0.05) is 19.1 Å². The van der Waals surface area contributed by atoms with Crippen LogP contribution in [0.15, 0.2) is 12.2 Å². The summed E-state index contributed by atoms with van der Waals surface area (Å²) in [5.74, 6) is 0.702. The average molecular weight is 124 g/mol. The Morgan fingerprint density at radius 2 is 2.33 bits per heavy atom. The summed E-state index contributed by atoms with van der Waals surface area (Å²) in [4.78, 5) is 0. The minimum atomic E-state index is 0.102. The van der Waals surface area contributed by atoms with Gasteiger partial charge in [0.1, 0.15) is 0 Å². The predicted octanol–water partition coefficient (Wildman–Crippen LogP) is 2.01. The quantitative estimate of drug-likeness (QED) is 0.514. The first-order chi connectivity index (χ1) is 4.34. The predicted molar refractivity (Wildman–Crippen MR) is 39.0 cm³/mol.